The molecule has 0 amide bonds. The molecule has 21 heavy (non-hydrogen) atoms. The molecule has 3 rings (SSSR count). The molecule has 1 aliphatic heterocycles. The lowest BCUT2D eigenvalue weighted by Crippen LogP contribution is -2.05. The standard InChI is InChI=1S/C18H15NO2/c1-12-3-7-14(8-4-12)11-16-18(20)21-17(19-16)15-9-5-13(2)6-10-15/h3-11H,1-2H3/b16-11+. The van der Waals surface area contributed by atoms with Gasteiger partial charge in [-0.2, -0.15) is 0 Å². The first-order valence-corrected chi connectivity index (χ1v) is 6.78. The number of ether oxygens (including phenoxy) is 1. The summed E-state index contributed by atoms with van der Waals surface area (Å²) in [5, 5.41) is 0. The third-order valence-corrected chi connectivity index (χ3v) is 3.30. The van der Waals surface area contributed by atoms with Crippen molar-refractivity contribution in [2.75, 3.05) is 0 Å². The number of nitrogens with zero attached hydrogens (tertiary/aromatic N) is 1. The molecule has 2 aromatic rings. The van der Waals surface area contributed by atoms with Crippen LogP contribution in [0.4, 0.5) is 0 Å². The van der Waals surface area contributed by atoms with Crippen molar-refractivity contribution in [3.63, 3.8) is 0 Å². The Morgan fingerprint density at radius 3 is 2.10 bits per heavy atom. The minimum Gasteiger partial charge on any atom is -0.402 e. The summed E-state index contributed by atoms with van der Waals surface area (Å²) >= 11 is 0. The predicted octanol–water partition coefficient (Wildman–Crippen LogP) is 3.65. The Bertz CT molecular complexity index is 738. The van der Waals surface area contributed by atoms with E-state index in [0.29, 0.717) is 11.6 Å². The number of benzene rings is 2. The van der Waals surface area contributed by atoms with Crippen LogP contribution in [0.1, 0.15) is 22.3 Å². The number of aryl methyl sites for hydroxylation is 2. The van der Waals surface area contributed by atoms with Crippen LogP contribution in [-0.4, -0.2) is 11.9 Å². The third kappa shape index (κ3) is 2.92. The molecule has 0 bridgehead atoms. The first-order valence-electron chi connectivity index (χ1n) is 6.78. The minimum atomic E-state index is -0.411. The molecule has 0 spiro atoms. The molecule has 0 atom stereocenters. The first-order chi connectivity index (χ1) is 10.1. The number of hydrogen-bond acceptors (Lipinski definition) is 3. The van der Waals surface area contributed by atoms with Crippen molar-refractivity contribution in [3.8, 4) is 0 Å². The highest BCUT2D eigenvalue weighted by molar-refractivity contribution is 6.12. The van der Waals surface area contributed by atoms with E-state index in [1.165, 1.54) is 5.56 Å². The predicted molar refractivity (Wildman–Crippen MR) is 83.0 cm³/mol. The first kappa shape index (κ1) is 13.3. The van der Waals surface area contributed by atoms with E-state index >= 15 is 0 Å². The number of rotatable bonds is 2. The summed E-state index contributed by atoms with van der Waals surface area (Å²) in [6.45, 7) is 4.03. The largest absolute Gasteiger partial charge is 0.402 e. The second kappa shape index (κ2) is 5.37. The third-order valence-electron chi connectivity index (χ3n) is 3.30. The normalized spacial score (nSPS) is 16.0. The topological polar surface area (TPSA) is 38.7 Å². The van der Waals surface area contributed by atoms with Gasteiger partial charge in [0.2, 0.25) is 5.90 Å². The van der Waals surface area contributed by atoms with Crippen LogP contribution in [-0.2, 0) is 9.53 Å². The van der Waals surface area contributed by atoms with Crippen LogP contribution in [0.5, 0.6) is 0 Å². The Morgan fingerprint density at radius 1 is 0.905 bits per heavy atom. The van der Waals surface area contributed by atoms with Crippen molar-refractivity contribution in [1.82, 2.24) is 0 Å². The van der Waals surface area contributed by atoms with Gasteiger partial charge in [0.15, 0.2) is 5.70 Å². The molecule has 0 aliphatic carbocycles. The van der Waals surface area contributed by atoms with Crippen LogP contribution in [0, 0.1) is 13.8 Å². The highest BCUT2D eigenvalue weighted by Gasteiger charge is 2.23. The minimum absolute atomic E-state index is 0.328. The number of hydrogen-bond donors (Lipinski definition) is 0. The van der Waals surface area contributed by atoms with Gasteiger partial charge in [0.05, 0.1) is 0 Å². The number of esters is 1. The SMILES string of the molecule is Cc1ccc(/C=C2/N=C(c3ccc(C)cc3)OC2=O)cc1. The quantitative estimate of drug-likeness (QED) is 0.621. The van der Waals surface area contributed by atoms with Gasteiger partial charge in [0, 0.05) is 5.56 Å². The van der Waals surface area contributed by atoms with Gasteiger partial charge in [0.25, 0.3) is 0 Å². The fourth-order valence-electron chi connectivity index (χ4n) is 2.05. The number of aliphatic imine (C=N–C) groups is 1. The zero-order valence-corrected chi connectivity index (χ0v) is 12.0. The molecule has 3 heteroatoms. The molecule has 0 unspecified atom stereocenters. The fraction of sp³-hybridized carbons (Fsp3) is 0.111. The molecule has 0 radical (unpaired) electrons. The number of cyclic esters (lactones) is 1. The van der Waals surface area contributed by atoms with Crippen LogP contribution in [0.3, 0.4) is 0 Å². The molecule has 0 fully saturated rings. The highest BCUT2D eigenvalue weighted by atomic mass is 16.6. The summed E-state index contributed by atoms with van der Waals surface area (Å²) in [4.78, 5) is 16.2. The molecular weight excluding hydrogens is 262 g/mol. The molecular formula is C18H15NO2. The lowest BCUT2D eigenvalue weighted by molar-refractivity contribution is -0.129. The summed E-state index contributed by atoms with van der Waals surface area (Å²) in [6, 6.07) is 15.6. The van der Waals surface area contributed by atoms with Crippen LogP contribution >= 0.6 is 0 Å². The van der Waals surface area contributed by atoms with E-state index in [1.807, 2.05) is 62.4 Å². The van der Waals surface area contributed by atoms with Gasteiger partial charge in [-0.15, -0.1) is 0 Å². The number of carbonyl (C=O) groups is 1. The van der Waals surface area contributed by atoms with Gasteiger partial charge in [-0.1, -0.05) is 47.5 Å². The Hall–Kier alpha value is -2.68. The van der Waals surface area contributed by atoms with E-state index in [-0.39, 0.29) is 0 Å². The van der Waals surface area contributed by atoms with Crippen molar-refractivity contribution in [1.29, 1.82) is 0 Å². The maximum Gasteiger partial charge on any atom is 0.363 e. The van der Waals surface area contributed by atoms with E-state index in [4.69, 9.17) is 4.74 Å². The summed E-state index contributed by atoms with van der Waals surface area (Å²) in [5.74, 6) is -0.0514. The lowest BCUT2D eigenvalue weighted by Gasteiger charge is -1.99. The molecule has 3 nitrogen and oxygen atoms in total. The van der Waals surface area contributed by atoms with Crippen molar-refractivity contribution >= 4 is 17.9 Å². The van der Waals surface area contributed by atoms with Crippen LogP contribution in [0.2, 0.25) is 0 Å². The molecule has 1 heterocycles. The van der Waals surface area contributed by atoms with Gasteiger partial charge in [0.1, 0.15) is 0 Å². The fourth-order valence-corrected chi connectivity index (χ4v) is 2.05. The van der Waals surface area contributed by atoms with Gasteiger partial charge in [-0.3, -0.25) is 0 Å². The second-order valence-corrected chi connectivity index (χ2v) is 5.11. The van der Waals surface area contributed by atoms with Crippen LogP contribution < -0.4 is 0 Å². The van der Waals surface area contributed by atoms with E-state index in [1.54, 1.807) is 6.08 Å². The second-order valence-electron chi connectivity index (χ2n) is 5.11. The molecule has 0 saturated carbocycles. The zero-order valence-electron chi connectivity index (χ0n) is 12.0. The monoisotopic (exact) mass is 277 g/mol. The molecule has 0 aromatic heterocycles. The van der Waals surface area contributed by atoms with E-state index in [2.05, 4.69) is 4.99 Å². The van der Waals surface area contributed by atoms with Crippen molar-refractivity contribution in [3.05, 3.63) is 76.5 Å². The van der Waals surface area contributed by atoms with Crippen molar-refractivity contribution in [2.45, 2.75) is 13.8 Å². The maximum atomic E-state index is 11.9. The maximum absolute atomic E-state index is 11.9. The van der Waals surface area contributed by atoms with Gasteiger partial charge >= 0.3 is 5.97 Å². The van der Waals surface area contributed by atoms with Crippen molar-refractivity contribution < 1.29 is 9.53 Å². The summed E-state index contributed by atoms with van der Waals surface area (Å²) in [5.41, 5.74) is 4.39. The summed E-state index contributed by atoms with van der Waals surface area (Å²) in [6.07, 6.45) is 1.74. The Morgan fingerprint density at radius 2 is 1.48 bits per heavy atom. The summed E-state index contributed by atoms with van der Waals surface area (Å²) < 4.78 is 5.24. The molecule has 0 saturated heterocycles. The number of carbonyl (C=O) groups excluding carboxylic acids is 1. The average Bonchev–Trinajstić information content (AvgIpc) is 2.83. The van der Waals surface area contributed by atoms with E-state index < -0.39 is 5.97 Å². The van der Waals surface area contributed by atoms with E-state index in [9.17, 15) is 4.79 Å². The van der Waals surface area contributed by atoms with Crippen LogP contribution in [0.15, 0.2) is 59.2 Å². The molecule has 104 valence electrons. The van der Waals surface area contributed by atoms with E-state index in [0.717, 1.165) is 16.7 Å². The molecule has 0 N–H and O–H groups in total. The Kier molecular flexibility index (Phi) is 3.40. The Labute approximate surface area is 123 Å². The highest BCUT2D eigenvalue weighted by Crippen LogP contribution is 2.19. The lowest BCUT2D eigenvalue weighted by atomic mass is 10.1. The summed E-state index contributed by atoms with van der Waals surface area (Å²) in [7, 11) is 0. The molecule has 2 aromatic carbocycles. The van der Waals surface area contributed by atoms with Gasteiger partial charge < -0.3 is 4.74 Å². The van der Waals surface area contributed by atoms with Gasteiger partial charge in [-0.05, 0) is 37.6 Å². The Balaban J connectivity index is 1.91. The van der Waals surface area contributed by atoms with Gasteiger partial charge in [-0.25, -0.2) is 9.79 Å². The average molecular weight is 277 g/mol. The molecule has 1 aliphatic rings. The van der Waals surface area contributed by atoms with Crippen molar-refractivity contribution in [2.24, 2.45) is 4.99 Å². The zero-order chi connectivity index (χ0) is 14.8. The smallest absolute Gasteiger partial charge is 0.363 e. The van der Waals surface area contributed by atoms with Crippen LogP contribution in [0.25, 0.3) is 6.08 Å².